The highest BCUT2D eigenvalue weighted by atomic mass is 32.2. The van der Waals surface area contributed by atoms with Gasteiger partial charge in [-0.25, -0.2) is 0 Å². The van der Waals surface area contributed by atoms with Gasteiger partial charge in [0.25, 0.3) is 5.24 Å². The molecule has 0 bridgehead atoms. The predicted molar refractivity (Wildman–Crippen MR) is 118 cm³/mol. The zero-order valence-corrected chi connectivity index (χ0v) is 18.4. The maximum Gasteiger partial charge on any atom is 0.286 e. The number of ether oxygens (including phenoxy) is 2. The lowest BCUT2D eigenvalue weighted by atomic mass is 10.1. The van der Waals surface area contributed by atoms with Crippen molar-refractivity contribution in [3.05, 3.63) is 48.0 Å². The van der Waals surface area contributed by atoms with Crippen LogP contribution in [-0.4, -0.2) is 49.6 Å². The minimum absolute atomic E-state index is 0.0535. The molecule has 1 N–H and O–H groups in total. The molecule has 0 aliphatic rings. The zero-order chi connectivity index (χ0) is 22.1. The third-order valence-electron chi connectivity index (χ3n) is 4.10. The molecule has 0 aliphatic carbocycles. The first-order chi connectivity index (χ1) is 14.3. The van der Waals surface area contributed by atoms with Crippen molar-refractivity contribution in [3.8, 4) is 11.5 Å². The molecule has 2 aromatic rings. The number of carbonyl (C=O) groups is 3. The van der Waals surface area contributed by atoms with Crippen molar-refractivity contribution in [1.29, 1.82) is 0 Å². The highest BCUT2D eigenvalue weighted by Crippen LogP contribution is 2.29. The Morgan fingerprint density at radius 1 is 1.07 bits per heavy atom. The minimum atomic E-state index is -0.164. The average Bonchev–Trinajstić information content (AvgIpc) is 2.72. The van der Waals surface area contributed by atoms with Crippen LogP contribution in [0.5, 0.6) is 11.5 Å². The van der Waals surface area contributed by atoms with Crippen LogP contribution in [0, 0.1) is 0 Å². The first-order valence-corrected chi connectivity index (χ1v) is 10.2. The summed E-state index contributed by atoms with van der Waals surface area (Å²) in [5.74, 6) is 0.778. The number of nitrogens with one attached hydrogen (secondary N) is 1. The number of nitrogens with zero attached hydrogens (tertiary/aromatic N) is 1. The summed E-state index contributed by atoms with van der Waals surface area (Å²) in [6.45, 7) is 1.81. The molecule has 8 heteroatoms. The maximum absolute atomic E-state index is 12.3. The number of anilines is 1. The lowest BCUT2D eigenvalue weighted by Crippen LogP contribution is -2.17. The summed E-state index contributed by atoms with van der Waals surface area (Å²) in [6.07, 6.45) is 0.754. The van der Waals surface area contributed by atoms with Gasteiger partial charge in [0, 0.05) is 31.0 Å². The maximum atomic E-state index is 12.3. The number of hydrogen-bond donors (Lipinski definition) is 1. The van der Waals surface area contributed by atoms with E-state index >= 15 is 0 Å². The second-order valence-electron chi connectivity index (χ2n) is 6.68. The zero-order valence-electron chi connectivity index (χ0n) is 17.6. The molecule has 0 fully saturated rings. The SMILES string of the molecule is COc1cc(C(C)=O)ccc1OCCCC(=O)Nc1ccccc1SC(=O)N(C)C. The molecule has 2 amide bonds. The standard InChI is InChI=1S/C22H26N2O5S/c1-15(25)16-11-12-18(19(14-16)28-4)29-13-7-10-21(26)23-17-8-5-6-9-20(17)30-22(27)24(2)3/h5-6,8-9,11-12,14H,7,10,13H2,1-4H3,(H,23,26). The van der Waals surface area contributed by atoms with Crippen molar-refractivity contribution in [3.63, 3.8) is 0 Å². The van der Waals surface area contributed by atoms with Crippen molar-refractivity contribution >= 4 is 34.4 Å². The van der Waals surface area contributed by atoms with Gasteiger partial charge in [-0.05, 0) is 55.4 Å². The minimum Gasteiger partial charge on any atom is -0.493 e. The van der Waals surface area contributed by atoms with Crippen molar-refractivity contribution in [2.45, 2.75) is 24.7 Å². The Morgan fingerprint density at radius 2 is 1.80 bits per heavy atom. The van der Waals surface area contributed by atoms with Crippen LogP contribution in [0.4, 0.5) is 10.5 Å². The van der Waals surface area contributed by atoms with E-state index in [2.05, 4.69) is 5.32 Å². The molecule has 2 aromatic carbocycles. The quantitative estimate of drug-likeness (QED) is 0.359. The van der Waals surface area contributed by atoms with Gasteiger partial charge in [0.1, 0.15) is 0 Å². The molecular weight excluding hydrogens is 404 g/mol. The van der Waals surface area contributed by atoms with Crippen LogP contribution < -0.4 is 14.8 Å². The number of para-hydroxylation sites is 1. The van der Waals surface area contributed by atoms with Crippen LogP contribution in [-0.2, 0) is 4.79 Å². The molecule has 0 unspecified atom stereocenters. The molecule has 160 valence electrons. The summed E-state index contributed by atoms with van der Waals surface area (Å²) >= 11 is 1.06. The van der Waals surface area contributed by atoms with Crippen LogP contribution >= 0.6 is 11.8 Å². The first-order valence-electron chi connectivity index (χ1n) is 9.41. The molecule has 0 aromatic heterocycles. The van der Waals surface area contributed by atoms with E-state index in [1.54, 1.807) is 50.5 Å². The van der Waals surface area contributed by atoms with Gasteiger partial charge in [0.2, 0.25) is 5.91 Å². The molecule has 0 aliphatic heterocycles. The first kappa shape index (κ1) is 23.3. The van der Waals surface area contributed by atoms with Crippen LogP contribution in [0.25, 0.3) is 0 Å². The Bertz CT molecular complexity index is 914. The fourth-order valence-corrected chi connectivity index (χ4v) is 3.22. The van der Waals surface area contributed by atoms with Crippen molar-refractivity contribution < 1.29 is 23.9 Å². The molecule has 2 rings (SSSR count). The van der Waals surface area contributed by atoms with E-state index in [4.69, 9.17) is 9.47 Å². The molecule has 7 nitrogen and oxygen atoms in total. The number of amides is 2. The lowest BCUT2D eigenvalue weighted by Gasteiger charge is -2.13. The van der Waals surface area contributed by atoms with Crippen molar-refractivity contribution in [1.82, 2.24) is 4.90 Å². The van der Waals surface area contributed by atoms with Crippen molar-refractivity contribution in [2.75, 3.05) is 33.1 Å². The second kappa shape index (κ2) is 11.3. The fraction of sp³-hybridized carbons (Fsp3) is 0.318. The van der Waals surface area contributed by atoms with E-state index < -0.39 is 0 Å². The third kappa shape index (κ3) is 6.81. The Morgan fingerprint density at radius 3 is 2.47 bits per heavy atom. The molecule has 0 spiro atoms. The molecule has 0 radical (unpaired) electrons. The number of hydrogen-bond acceptors (Lipinski definition) is 6. The highest BCUT2D eigenvalue weighted by Gasteiger charge is 2.13. The Kier molecular flexibility index (Phi) is 8.73. The van der Waals surface area contributed by atoms with E-state index in [1.165, 1.54) is 18.9 Å². The van der Waals surface area contributed by atoms with E-state index in [0.29, 0.717) is 40.7 Å². The number of ketones is 1. The number of Topliss-reactive ketones (excluding diaryl/α,β-unsaturated/α-hetero) is 1. The second-order valence-corrected chi connectivity index (χ2v) is 7.67. The van der Waals surface area contributed by atoms with Crippen LogP contribution in [0.3, 0.4) is 0 Å². The van der Waals surface area contributed by atoms with E-state index in [0.717, 1.165) is 11.8 Å². The Labute approximate surface area is 180 Å². The number of methoxy groups -OCH3 is 1. The molecular formula is C22H26N2O5S. The largest absolute Gasteiger partial charge is 0.493 e. The summed E-state index contributed by atoms with van der Waals surface area (Å²) in [5.41, 5.74) is 1.15. The van der Waals surface area contributed by atoms with Gasteiger partial charge in [0.15, 0.2) is 17.3 Å². The Hall–Kier alpha value is -3.00. The lowest BCUT2D eigenvalue weighted by molar-refractivity contribution is -0.116. The summed E-state index contributed by atoms with van der Waals surface area (Å²) in [7, 11) is 4.87. The molecule has 0 heterocycles. The van der Waals surface area contributed by atoms with E-state index in [-0.39, 0.29) is 23.4 Å². The highest BCUT2D eigenvalue weighted by molar-refractivity contribution is 8.13. The fourth-order valence-electron chi connectivity index (χ4n) is 2.48. The van der Waals surface area contributed by atoms with Crippen LogP contribution in [0.15, 0.2) is 47.4 Å². The van der Waals surface area contributed by atoms with Crippen LogP contribution in [0.1, 0.15) is 30.1 Å². The van der Waals surface area contributed by atoms with Gasteiger partial charge in [-0.1, -0.05) is 12.1 Å². The van der Waals surface area contributed by atoms with Gasteiger partial charge in [-0.3, -0.25) is 14.4 Å². The summed E-state index contributed by atoms with van der Waals surface area (Å²) in [6, 6.07) is 12.2. The van der Waals surface area contributed by atoms with Gasteiger partial charge in [0.05, 0.1) is 19.4 Å². The van der Waals surface area contributed by atoms with Crippen LogP contribution in [0.2, 0.25) is 0 Å². The summed E-state index contributed by atoms with van der Waals surface area (Å²) in [4.78, 5) is 37.9. The number of carbonyl (C=O) groups excluding carboxylic acids is 3. The smallest absolute Gasteiger partial charge is 0.286 e. The monoisotopic (exact) mass is 430 g/mol. The Balaban J connectivity index is 1.86. The molecule has 0 atom stereocenters. The normalized spacial score (nSPS) is 10.3. The van der Waals surface area contributed by atoms with E-state index in [1.807, 2.05) is 6.07 Å². The van der Waals surface area contributed by atoms with Gasteiger partial charge >= 0.3 is 0 Å². The average molecular weight is 431 g/mol. The number of benzene rings is 2. The predicted octanol–water partition coefficient (Wildman–Crippen LogP) is 4.47. The third-order valence-corrected chi connectivity index (χ3v) is 5.22. The summed E-state index contributed by atoms with van der Waals surface area (Å²) in [5, 5.41) is 2.73. The number of thioether (sulfide) groups is 1. The summed E-state index contributed by atoms with van der Waals surface area (Å²) < 4.78 is 11.0. The molecule has 0 saturated heterocycles. The molecule has 30 heavy (non-hydrogen) atoms. The van der Waals surface area contributed by atoms with Gasteiger partial charge in [-0.2, -0.15) is 0 Å². The van der Waals surface area contributed by atoms with E-state index in [9.17, 15) is 14.4 Å². The number of rotatable bonds is 9. The van der Waals surface area contributed by atoms with Gasteiger partial charge < -0.3 is 19.7 Å². The topological polar surface area (TPSA) is 84.9 Å². The van der Waals surface area contributed by atoms with Gasteiger partial charge in [-0.15, -0.1) is 0 Å². The van der Waals surface area contributed by atoms with Crippen molar-refractivity contribution in [2.24, 2.45) is 0 Å². The molecule has 0 saturated carbocycles.